The minimum absolute atomic E-state index is 0.00234. The molecule has 2 saturated heterocycles. The van der Waals surface area contributed by atoms with Crippen LogP contribution in [0.1, 0.15) is 56.3 Å². The number of alkyl halides is 1. The van der Waals surface area contributed by atoms with E-state index in [-0.39, 0.29) is 47.4 Å². The third-order valence-corrected chi connectivity index (χ3v) is 9.10. The molecule has 0 spiro atoms. The van der Waals surface area contributed by atoms with Gasteiger partial charge < -0.3 is 23.9 Å². The maximum absolute atomic E-state index is 16.2. The Morgan fingerprint density at radius 2 is 2.02 bits per heavy atom. The van der Waals surface area contributed by atoms with Crippen LogP contribution in [0.25, 0.3) is 22.2 Å². The molecule has 13 heteroatoms. The van der Waals surface area contributed by atoms with Crippen LogP contribution < -0.4 is 14.4 Å². The number of halogens is 3. The monoisotopic (exact) mass is 626 g/mol. The molecule has 3 aromatic heterocycles. The SMILES string of the molecule is COc1nc2c3c(nc(-c4cc(O)cc(Cl)c4C4CC4)c(F)c3n1)OC[C@H](C)N2Cc1cnco1.FC1CC2CCCN2C1. The summed E-state index contributed by atoms with van der Waals surface area (Å²) in [7, 11) is 1.42. The van der Waals surface area contributed by atoms with Gasteiger partial charge in [-0.2, -0.15) is 9.97 Å². The highest BCUT2D eigenvalue weighted by molar-refractivity contribution is 6.32. The molecule has 3 fully saturated rings. The molecular weight excluding hydrogens is 594 g/mol. The quantitative estimate of drug-likeness (QED) is 0.281. The third kappa shape index (κ3) is 5.38. The number of methoxy groups -OCH3 is 1. The van der Waals surface area contributed by atoms with Gasteiger partial charge in [-0.3, -0.25) is 4.90 Å². The molecular formula is C31H33ClF2N6O4. The molecule has 0 amide bonds. The number of pyridine rings is 1. The zero-order valence-electron chi connectivity index (χ0n) is 24.5. The number of rotatable bonds is 5. The Kier molecular flexibility index (Phi) is 7.65. The maximum Gasteiger partial charge on any atom is 0.318 e. The Bertz CT molecular complexity index is 1680. The van der Waals surface area contributed by atoms with Crippen LogP contribution in [-0.4, -0.2) is 75.0 Å². The van der Waals surface area contributed by atoms with E-state index in [1.54, 1.807) is 6.20 Å². The molecule has 232 valence electrons. The van der Waals surface area contributed by atoms with Crippen LogP contribution in [0.4, 0.5) is 14.6 Å². The van der Waals surface area contributed by atoms with Gasteiger partial charge in [0.2, 0.25) is 5.88 Å². The van der Waals surface area contributed by atoms with Crippen molar-refractivity contribution in [1.82, 2.24) is 24.8 Å². The number of anilines is 1. The molecule has 1 aromatic carbocycles. The van der Waals surface area contributed by atoms with E-state index in [1.165, 1.54) is 38.5 Å². The Hall–Kier alpha value is -3.77. The fraction of sp³-hybridized carbons (Fsp3) is 0.484. The topological polar surface area (TPSA) is 110 Å². The molecule has 10 nitrogen and oxygen atoms in total. The molecule has 0 radical (unpaired) electrons. The van der Waals surface area contributed by atoms with Crippen molar-refractivity contribution in [2.24, 2.45) is 0 Å². The van der Waals surface area contributed by atoms with Gasteiger partial charge in [0.05, 0.1) is 25.9 Å². The highest BCUT2D eigenvalue weighted by Gasteiger charge is 2.36. The van der Waals surface area contributed by atoms with E-state index in [0.717, 1.165) is 31.4 Å². The van der Waals surface area contributed by atoms with E-state index in [1.807, 2.05) is 11.8 Å². The lowest BCUT2D eigenvalue weighted by Gasteiger charge is -2.27. The summed E-state index contributed by atoms with van der Waals surface area (Å²) in [4.78, 5) is 21.6. The Labute approximate surface area is 258 Å². The van der Waals surface area contributed by atoms with Crippen LogP contribution in [0.5, 0.6) is 17.6 Å². The predicted molar refractivity (Wildman–Crippen MR) is 160 cm³/mol. The second-order valence-corrected chi connectivity index (χ2v) is 12.3. The number of hydrogen-bond donors (Lipinski definition) is 1. The van der Waals surface area contributed by atoms with Crippen molar-refractivity contribution < 1.29 is 27.8 Å². The summed E-state index contributed by atoms with van der Waals surface area (Å²) in [5.74, 6) is 0.657. The van der Waals surface area contributed by atoms with Crippen molar-refractivity contribution >= 4 is 28.3 Å². The molecule has 8 rings (SSSR count). The van der Waals surface area contributed by atoms with E-state index in [9.17, 15) is 9.50 Å². The molecule has 44 heavy (non-hydrogen) atoms. The first-order valence-electron chi connectivity index (χ1n) is 14.9. The van der Waals surface area contributed by atoms with Crippen molar-refractivity contribution in [2.45, 2.75) is 69.7 Å². The summed E-state index contributed by atoms with van der Waals surface area (Å²) in [5, 5.41) is 11.0. The number of hydrogen-bond acceptors (Lipinski definition) is 10. The minimum Gasteiger partial charge on any atom is -0.508 e. The molecule has 3 aliphatic heterocycles. The van der Waals surface area contributed by atoms with E-state index < -0.39 is 12.0 Å². The number of ether oxygens (including phenoxy) is 2. The lowest BCUT2D eigenvalue weighted by molar-refractivity contribution is 0.284. The molecule has 1 aliphatic carbocycles. The first-order valence-corrected chi connectivity index (χ1v) is 15.3. The van der Waals surface area contributed by atoms with Gasteiger partial charge in [0.25, 0.3) is 0 Å². The fourth-order valence-corrected chi connectivity index (χ4v) is 6.88. The van der Waals surface area contributed by atoms with Gasteiger partial charge >= 0.3 is 6.01 Å². The van der Waals surface area contributed by atoms with Crippen LogP contribution in [0, 0.1) is 5.82 Å². The van der Waals surface area contributed by atoms with Crippen LogP contribution in [0.2, 0.25) is 5.02 Å². The van der Waals surface area contributed by atoms with E-state index in [2.05, 4.69) is 24.8 Å². The van der Waals surface area contributed by atoms with Gasteiger partial charge in [0, 0.05) is 23.2 Å². The van der Waals surface area contributed by atoms with Crippen LogP contribution in [0.3, 0.4) is 0 Å². The largest absolute Gasteiger partial charge is 0.508 e. The normalized spacial score (nSPS) is 22.8. The zero-order valence-corrected chi connectivity index (χ0v) is 25.2. The molecule has 1 saturated carbocycles. The van der Waals surface area contributed by atoms with Crippen molar-refractivity contribution in [3.63, 3.8) is 0 Å². The maximum atomic E-state index is 16.2. The van der Waals surface area contributed by atoms with Crippen LogP contribution in [0.15, 0.2) is 29.1 Å². The summed E-state index contributed by atoms with van der Waals surface area (Å²) in [6.07, 6.45) is 7.65. The lowest BCUT2D eigenvalue weighted by Crippen LogP contribution is -2.36. The van der Waals surface area contributed by atoms with Crippen LogP contribution >= 0.6 is 11.6 Å². The molecule has 6 heterocycles. The number of aromatic nitrogens is 4. The van der Waals surface area contributed by atoms with E-state index in [4.69, 9.17) is 25.5 Å². The average molecular weight is 627 g/mol. The molecule has 0 bridgehead atoms. The first-order chi connectivity index (χ1) is 21.3. The third-order valence-electron chi connectivity index (χ3n) is 8.78. The highest BCUT2D eigenvalue weighted by Crippen LogP contribution is 2.50. The molecule has 1 N–H and O–H groups in total. The van der Waals surface area contributed by atoms with Gasteiger partial charge in [-0.25, -0.2) is 18.7 Å². The Balaban J connectivity index is 0.000000296. The van der Waals surface area contributed by atoms with Gasteiger partial charge in [0.1, 0.15) is 46.7 Å². The number of nitrogens with zero attached hydrogens (tertiary/aromatic N) is 6. The molecule has 2 unspecified atom stereocenters. The smallest absolute Gasteiger partial charge is 0.318 e. The number of oxazole rings is 1. The first kappa shape index (κ1) is 29.0. The number of phenols is 1. The fourth-order valence-electron chi connectivity index (χ4n) is 6.52. The summed E-state index contributed by atoms with van der Waals surface area (Å²) in [5.41, 5.74) is 1.20. The summed E-state index contributed by atoms with van der Waals surface area (Å²) >= 11 is 6.47. The highest BCUT2D eigenvalue weighted by atomic mass is 35.5. The average Bonchev–Trinajstić information content (AvgIpc) is 3.37. The summed E-state index contributed by atoms with van der Waals surface area (Å²) < 4.78 is 45.6. The zero-order chi connectivity index (χ0) is 30.5. The molecule has 3 atom stereocenters. The predicted octanol–water partition coefficient (Wildman–Crippen LogP) is 6.04. The summed E-state index contributed by atoms with van der Waals surface area (Å²) in [6, 6.07) is 3.40. The van der Waals surface area contributed by atoms with Gasteiger partial charge in [-0.1, -0.05) is 11.6 Å². The minimum atomic E-state index is -0.674. The number of phenolic OH excluding ortho intramolecular Hbond substituents is 1. The number of fused-ring (bicyclic) bond motifs is 1. The van der Waals surface area contributed by atoms with E-state index >= 15 is 4.39 Å². The van der Waals surface area contributed by atoms with Crippen molar-refractivity contribution in [3.05, 3.63) is 46.9 Å². The van der Waals surface area contributed by atoms with Gasteiger partial charge in [-0.05, 0) is 69.2 Å². The van der Waals surface area contributed by atoms with Crippen LogP contribution in [-0.2, 0) is 6.54 Å². The van der Waals surface area contributed by atoms with Gasteiger partial charge in [-0.15, -0.1) is 0 Å². The van der Waals surface area contributed by atoms with E-state index in [0.29, 0.717) is 46.7 Å². The van der Waals surface area contributed by atoms with Crippen molar-refractivity contribution in [3.8, 4) is 28.9 Å². The second kappa shape index (κ2) is 11.6. The molecule has 4 aromatic rings. The lowest BCUT2D eigenvalue weighted by atomic mass is 9.98. The van der Waals surface area contributed by atoms with Crippen molar-refractivity contribution in [2.75, 3.05) is 31.7 Å². The number of benzene rings is 1. The number of aromatic hydroxyl groups is 1. The Morgan fingerprint density at radius 3 is 2.75 bits per heavy atom. The summed E-state index contributed by atoms with van der Waals surface area (Å²) in [6.45, 7) is 4.41. The molecule has 4 aliphatic rings. The van der Waals surface area contributed by atoms with Gasteiger partial charge in [0.15, 0.2) is 12.2 Å². The standard InChI is InChI=1S/C24H21ClFN5O4.C7H12FN/c1-11-9-34-23-18-21(29-24(33-2)30-22(18)31(11)8-14-7-27-10-35-14)19(26)20(28-23)15-5-13(32)6-16(25)17(15)12-3-4-12;8-6-4-7-2-1-3-9(7)5-6/h5-7,10-12,32H,3-4,8-9H2,1-2H3;6-7H,1-5H2/t11-;/m0./s1. The Morgan fingerprint density at radius 1 is 1.18 bits per heavy atom. The second-order valence-electron chi connectivity index (χ2n) is 11.9. The van der Waals surface area contributed by atoms with Crippen molar-refractivity contribution in [1.29, 1.82) is 0 Å².